The van der Waals surface area contributed by atoms with Crippen molar-refractivity contribution < 1.29 is 34.9 Å². The number of benzene rings is 1. The number of alkyl halides is 3. The van der Waals surface area contributed by atoms with Crippen molar-refractivity contribution in [3.63, 3.8) is 0 Å². The standard InChI is InChI=1S/C17H21F4NO4S/c1-22-9-11-5-3-6-12(10-22)16(11,25-2)13-7-4-8-14(15(13)18)26-27(23,24)17(19,20)21/h4,7-8,11-12H,3,5-6,9-10H2,1-2H3/t11-,12+,16+. The molecule has 0 unspecified atom stereocenters. The molecule has 5 nitrogen and oxygen atoms in total. The van der Waals surface area contributed by atoms with Crippen molar-refractivity contribution in [2.45, 2.75) is 30.4 Å². The maximum Gasteiger partial charge on any atom is 0.534 e. The molecule has 27 heavy (non-hydrogen) atoms. The summed E-state index contributed by atoms with van der Waals surface area (Å²) in [4.78, 5) is 2.12. The highest BCUT2D eigenvalue weighted by Gasteiger charge is 2.54. The number of hydrogen-bond acceptors (Lipinski definition) is 5. The Morgan fingerprint density at radius 3 is 2.30 bits per heavy atom. The number of rotatable bonds is 4. The Hall–Kier alpha value is -1.39. The first-order valence-electron chi connectivity index (χ1n) is 8.56. The molecular formula is C17H21F4NO4S. The first-order chi connectivity index (χ1) is 12.5. The Morgan fingerprint density at radius 1 is 1.19 bits per heavy atom. The second-order valence-electron chi connectivity index (χ2n) is 7.14. The zero-order chi connectivity index (χ0) is 20.0. The summed E-state index contributed by atoms with van der Waals surface area (Å²) in [5.74, 6) is -2.24. The van der Waals surface area contributed by atoms with E-state index in [9.17, 15) is 21.6 Å². The van der Waals surface area contributed by atoms with Gasteiger partial charge in [-0.05, 0) is 26.0 Å². The SMILES string of the molecule is CO[C@@]1(c2cccc(OS(=O)(=O)C(F)(F)F)c2F)[C@@H]2CCC[C@H]1CN(C)C2. The summed E-state index contributed by atoms with van der Waals surface area (Å²) < 4.78 is 85.5. The maximum atomic E-state index is 15.2. The molecule has 1 heterocycles. The van der Waals surface area contributed by atoms with E-state index in [0.29, 0.717) is 13.1 Å². The van der Waals surface area contributed by atoms with Gasteiger partial charge < -0.3 is 13.8 Å². The van der Waals surface area contributed by atoms with Crippen LogP contribution in [0.25, 0.3) is 0 Å². The quantitative estimate of drug-likeness (QED) is 0.433. The highest BCUT2D eigenvalue weighted by molar-refractivity contribution is 7.88. The van der Waals surface area contributed by atoms with Crippen LogP contribution in [-0.4, -0.2) is 46.1 Å². The maximum absolute atomic E-state index is 15.2. The lowest BCUT2D eigenvalue weighted by Gasteiger charge is -2.54. The van der Waals surface area contributed by atoms with Gasteiger partial charge in [-0.3, -0.25) is 0 Å². The van der Waals surface area contributed by atoms with Crippen LogP contribution in [0.4, 0.5) is 17.6 Å². The van der Waals surface area contributed by atoms with E-state index in [0.717, 1.165) is 25.3 Å². The first kappa shape index (κ1) is 20.3. The van der Waals surface area contributed by atoms with Gasteiger partial charge in [-0.25, -0.2) is 4.39 Å². The number of ether oxygens (including phenoxy) is 1. The normalized spacial score (nSPS) is 29.6. The molecule has 2 fully saturated rings. The lowest BCUT2D eigenvalue weighted by Crippen LogP contribution is -2.58. The molecule has 3 rings (SSSR count). The Labute approximate surface area is 155 Å². The third-order valence-electron chi connectivity index (χ3n) is 5.59. The number of nitrogens with zero attached hydrogens (tertiary/aromatic N) is 1. The second kappa shape index (κ2) is 6.89. The molecule has 0 spiro atoms. The van der Waals surface area contributed by atoms with Crippen LogP contribution in [-0.2, 0) is 20.5 Å². The molecule has 152 valence electrons. The number of likely N-dealkylation sites (tertiary alicyclic amines) is 1. The molecular weight excluding hydrogens is 390 g/mol. The van der Waals surface area contributed by atoms with Crippen molar-refractivity contribution in [3.05, 3.63) is 29.6 Å². The molecule has 1 aliphatic carbocycles. The molecule has 2 bridgehead atoms. The third kappa shape index (κ3) is 3.31. The van der Waals surface area contributed by atoms with Gasteiger partial charge in [-0.2, -0.15) is 21.6 Å². The zero-order valence-corrected chi connectivity index (χ0v) is 15.7. The van der Waals surface area contributed by atoms with Crippen molar-refractivity contribution in [2.75, 3.05) is 27.2 Å². The molecule has 2 aliphatic rings. The van der Waals surface area contributed by atoms with Crippen LogP contribution in [0.3, 0.4) is 0 Å². The van der Waals surface area contributed by atoms with E-state index in [1.807, 2.05) is 7.05 Å². The smallest absolute Gasteiger partial charge is 0.373 e. The summed E-state index contributed by atoms with van der Waals surface area (Å²) in [5.41, 5.74) is -6.63. The van der Waals surface area contributed by atoms with Crippen molar-refractivity contribution >= 4 is 10.1 Å². The number of piperidine rings is 1. The van der Waals surface area contributed by atoms with Crippen molar-refractivity contribution in [1.82, 2.24) is 4.90 Å². The Balaban J connectivity index is 2.07. The predicted molar refractivity (Wildman–Crippen MR) is 89.0 cm³/mol. The molecule has 0 N–H and O–H groups in total. The molecule has 1 aliphatic heterocycles. The summed E-state index contributed by atoms with van der Waals surface area (Å²) in [6.45, 7) is 1.30. The van der Waals surface area contributed by atoms with Crippen LogP contribution in [0.15, 0.2) is 18.2 Å². The van der Waals surface area contributed by atoms with E-state index < -0.39 is 32.8 Å². The van der Waals surface area contributed by atoms with Gasteiger partial charge in [-0.15, -0.1) is 0 Å². The molecule has 10 heteroatoms. The van der Waals surface area contributed by atoms with Crippen LogP contribution in [0, 0.1) is 17.7 Å². The number of hydrogen-bond donors (Lipinski definition) is 0. The van der Waals surface area contributed by atoms with E-state index in [2.05, 4.69) is 9.08 Å². The molecule has 1 aromatic rings. The minimum atomic E-state index is -5.96. The summed E-state index contributed by atoms with van der Waals surface area (Å²) in [5, 5.41) is 0. The molecule has 3 atom stereocenters. The highest BCUT2D eigenvalue weighted by Crippen LogP contribution is 2.52. The fourth-order valence-electron chi connectivity index (χ4n) is 4.58. The number of fused-ring (bicyclic) bond motifs is 2. The average molecular weight is 411 g/mol. The van der Waals surface area contributed by atoms with Crippen molar-refractivity contribution in [1.29, 1.82) is 0 Å². The summed E-state index contributed by atoms with van der Waals surface area (Å²) >= 11 is 0. The summed E-state index contributed by atoms with van der Waals surface area (Å²) in [7, 11) is -2.55. The fraction of sp³-hybridized carbons (Fsp3) is 0.647. The molecule has 1 saturated heterocycles. The van der Waals surface area contributed by atoms with E-state index in [4.69, 9.17) is 4.74 Å². The second-order valence-corrected chi connectivity index (χ2v) is 8.68. The monoisotopic (exact) mass is 411 g/mol. The lowest BCUT2D eigenvalue weighted by molar-refractivity contribution is -0.167. The van der Waals surface area contributed by atoms with Gasteiger partial charge in [0, 0.05) is 37.6 Å². The van der Waals surface area contributed by atoms with Crippen LogP contribution in [0.5, 0.6) is 5.75 Å². The Kier molecular flexibility index (Phi) is 5.19. The molecule has 1 saturated carbocycles. The van der Waals surface area contributed by atoms with Crippen LogP contribution < -0.4 is 4.18 Å². The molecule has 0 aromatic heterocycles. The Bertz CT molecular complexity index is 798. The highest BCUT2D eigenvalue weighted by atomic mass is 32.2. The van der Waals surface area contributed by atoms with E-state index >= 15 is 4.39 Å². The van der Waals surface area contributed by atoms with Gasteiger partial charge >= 0.3 is 15.6 Å². The summed E-state index contributed by atoms with van der Waals surface area (Å²) in [6, 6.07) is 3.59. The van der Waals surface area contributed by atoms with Gasteiger partial charge in [0.05, 0.1) is 0 Å². The van der Waals surface area contributed by atoms with Gasteiger partial charge in [0.1, 0.15) is 5.60 Å². The predicted octanol–water partition coefficient (Wildman–Crippen LogP) is 3.26. The summed E-state index contributed by atoms with van der Waals surface area (Å²) in [6.07, 6.45) is 2.51. The number of methoxy groups -OCH3 is 1. The lowest BCUT2D eigenvalue weighted by atomic mass is 9.62. The molecule has 1 aromatic carbocycles. The van der Waals surface area contributed by atoms with Crippen LogP contribution >= 0.6 is 0 Å². The average Bonchev–Trinajstić information content (AvgIpc) is 2.55. The third-order valence-corrected chi connectivity index (χ3v) is 6.55. The van der Waals surface area contributed by atoms with Crippen molar-refractivity contribution in [2.24, 2.45) is 11.8 Å². The fourth-order valence-corrected chi connectivity index (χ4v) is 5.04. The first-order valence-corrected chi connectivity index (χ1v) is 9.97. The van der Waals surface area contributed by atoms with Crippen LogP contribution in [0.2, 0.25) is 0 Å². The largest absolute Gasteiger partial charge is 0.534 e. The van der Waals surface area contributed by atoms with Gasteiger partial charge in [-0.1, -0.05) is 18.6 Å². The molecule has 0 radical (unpaired) electrons. The topological polar surface area (TPSA) is 55.8 Å². The van der Waals surface area contributed by atoms with Gasteiger partial charge in [0.25, 0.3) is 0 Å². The van der Waals surface area contributed by atoms with Crippen molar-refractivity contribution in [3.8, 4) is 5.75 Å². The minimum Gasteiger partial charge on any atom is -0.373 e. The molecule has 0 amide bonds. The Morgan fingerprint density at radius 2 is 1.78 bits per heavy atom. The van der Waals surface area contributed by atoms with E-state index in [1.165, 1.54) is 19.2 Å². The van der Waals surface area contributed by atoms with Gasteiger partial charge in [0.15, 0.2) is 11.6 Å². The zero-order valence-electron chi connectivity index (χ0n) is 14.9. The van der Waals surface area contributed by atoms with E-state index in [1.54, 1.807) is 0 Å². The van der Waals surface area contributed by atoms with E-state index in [-0.39, 0.29) is 17.4 Å². The number of halogens is 4. The minimum absolute atomic E-state index is 0.0441. The van der Waals surface area contributed by atoms with Crippen LogP contribution in [0.1, 0.15) is 24.8 Å². The van der Waals surface area contributed by atoms with Gasteiger partial charge in [0.2, 0.25) is 0 Å².